The molecule has 0 bridgehead atoms. The van der Waals surface area contributed by atoms with Crippen molar-refractivity contribution in [2.75, 3.05) is 0 Å². The minimum absolute atomic E-state index is 0.105. The Morgan fingerprint density at radius 1 is 0.692 bits per heavy atom. The van der Waals surface area contributed by atoms with Gasteiger partial charge in [0.25, 0.3) is 11.4 Å². The van der Waals surface area contributed by atoms with Crippen LogP contribution >= 0.6 is 0 Å². The molecule has 3 aromatic rings. The molecule has 0 unspecified atom stereocenters. The monoisotopic (exact) mass is 353 g/mol. The number of benzene rings is 2. The highest BCUT2D eigenvalue weighted by Crippen LogP contribution is 2.28. The van der Waals surface area contributed by atoms with Crippen LogP contribution in [-0.4, -0.2) is 14.8 Å². The maximum atomic E-state index is 10.8. The van der Waals surface area contributed by atoms with Gasteiger partial charge in [-0.25, -0.2) is 0 Å². The highest BCUT2D eigenvalue weighted by atomic mass is 16.6. The van der Waals surface area contributed by atoms with Crippen molar-refractivity contribution >= 4 is 11.4 Å². The highest BCUT2D eigenvalue weighted by molar-refractivity contribution is 5.41. The third-order valence-electron chi connectivity index (χ3n) is 3.20. The van der Waals surface area contributed by atoms with Gasteiger partial charge in [-0.3, -0.25) is 20.2 Å². The summed E-state index contributed by atoms with van der Waals surface area (Å²) in [5.41, 5.74) is -0.210. The fourth-order valence-corrected chi connectivity index (χ4v) is 2.07. The minimum Gasteiger partial charge on any atom is -0.439 e. The average Bonchev–Trinajstić information content (AvgIpc) is 2.62. The molecule has 1 aromatic heterocycles. The number of rotatable bonds is 6. The van der Waals surface area contributed by atoms with Gasteiger partial charge in [-0.2, -0.15) is 4.98 Å². The number of hydrogen-bond donors (Lipinski definition) is 0. The van der Waals surface area contributed by atoms with E-state index in [0.29, 0.717) is 0 Å². The quantitative estimate of drug-likeness (QED) is 0.473. The summed E-state index contributed by atoms with van der Waals surface area (Å²) in [6.07, 6.45) is 0. The van der Waals surface area contributed by atoms with Crippen LogP contribution in [0.1, 0.15) is 0 Å². The van der Waals surface area contributed by atoms with Crippen molar-refractivity contribution in [2.24, 2.45) is 0 Å². The van der Waals surface area contributed by atoms with Crippen LogP contribution in [0.25, 0.3) is 0 Å². The first-order valence-corrected chi connectivity index (χ1v) is 7.33. The molecule has 0 radical (unpaired) electrons. The number of non-ortho nitro benzene ring substituents is 2. The van der Waals surface area contributed by atoms with Crippen molar-refractivity contribution in [3.05, 3.63) is 87.0 Å². The number of pyridine rings is 1. The fourth-order valence-electron chi connectivity index (χ4n) is 2.07. The Kier molecular flexibility index (Phi) is 4.70. The standard InChI is InChI=1S/C17H11N3O6/c21-19(22)12-4-1-6-14(10-12)25-16-8-3-9-17(18-16)26-15-7-2-5-13(11-15)20(23)24/h1-11H. The van der Waals surface area contributed by atoms with Crippen molar-refractivity contribution in [3.63, 3.8) is 0 Å². The first-order valence-electron chi connectivity index (χ1n) is 7.33. The van der Waals surface area contributed by atoms with Gasteiger partial charge in [0.2, 0.25) is 11.8 Å². The largest absolute Gasteiger partial charge is 0.439 e. The zero-order valence-electron chi connectivity index (χ0n) is 13.1. The van der Waals surface area contributed by atoms with Crippen molar-refractivity contribution in [2.45, 2.75) is 0 Å². The van der Waals surface area contributed by atoms with E-state index in [0.717, 1.165) is 0 Å². The maximum Gasteiger partial charge on any atom is 0.273 e. The summed E-state index contributed by atoms with van der Waals surface area (Å²) in [5, 5.41) is 21.6. The van der Waals surface area contributed by atoms with E-state index in [1.807, 2.05) is 0 Å². The molecular formula is C17H11N3O6. The molecule has 26 heavy (non-hydrogen) atoms. The van der Waals surface area contributed by atoms with Crippen LogP contribution in [0.2, 0.25) is 0 Å². The molecule has 0 aliphatic carbocycles. The van der Waals surface area contributed by atoms with Crippen LogP contribution in [0.3, 0.4) is 0 Å². The molecule has 3 rings (SSSR count). The topological polar surface area (TPSA) is 118 Å². The molecule has 130 valence electrons. The van der Waals surface area contributed by atoms with Gasteiger partial charge in [0.05, 0.1) is 22.0 Å². The van der Waals surface area contributed by atoms with E-state index in [1.165, 1.54) is 36.4 Å². The molecule has 0 saturated heterocycles. The molecule has 1 heterocycles. The summed E-state index contributed by atoms with van der Waals surface area (Å²) in [6, 6.07) is 16.1. The zero-order chi connectivity index (χ0) is 18.5. The number of nitro groups is 2. The Labute approximate surface area is 146 Å². The molecule has 2 aromatic carbocycles. The zero-order valence-corrected chi connectivity index (χ0v) is 13.1. The van der Waals surface area contributed by atoms with Gasteiger partial charge in [-0.1, -0.05) is 18.2 Å². The lowest BCUT2D eigenvalue weighted by Gasteiger charge is -2.08. The van der Waals surface area contributed by atoms with E-state index in [2.05, 4.69) is 4.98 Å². The van der Waals surface area contributed by atoms with Crippen LogP contribution in [0.4, 0.5) is 11.4 Å². The molecule has 0 amide bonds. The summed E-state index contributed by atoms with van der Waals surface area (Å²) < 4.78 is 11.0. The molecule has 0 aliphatic heterocycles. The molecule has 0 fully saturated rings. The van der Waals surface area contributed by atoms with Crippen molar-refractivity contribution in [3.8, 4) is 23.3 Å². The summed E-state index contributed by atoms with van der Waals surface area (Å²) in [5.74, 6) is 0.820. The molecule has 0 spiro atoms. The lowest BCUT2D eigenvalue weighted by atomic mass is 10.3. The number of nitro benzene ring substituents is 2. The van der Waals surface area contributed by atoms with Crippen LogP contribution in [-0.2, 0) is 0 Å². The SMILES string of the molecule is O=[N+]([O-])c1cccc(Oc2cccc(Oc3cccc([N+](=O)[O-])c3)n2)c1. The van der Waals surface area contributed by atoms with Crippen molar-refractivity contribution in [1.29, 1.82) is 0 Å². The Morgan fingerprint density at radius 2 is 1.12 bits per heavy atom. The van der Waals surface area contributed by atoms with E-state index >= 15 is 0 Å². The normalized spacial score (nSPS) is 10.2. The Morgan fingerprint density at radius 3 is 1.54 bits per heavy atom. The van der Waals surface area contributed by atoms with Gasteiger partial charge in [0.15, 0.2) is 0 Å². The smallest absolute Gasteiger partial charge is 0.273 e. The predicted molar refractivity (Wildman–Crippen MR) is 90.6 cm³/mol. The molecule has 9 heteroatoms. The molecule has 0 atom stereocenters. The predicted octanol–water partition coefficient (Wildman–Crippen LogP) is 4.48. The molecule has 9 nitrogen and oxygen atoms in total. The van der Waals surface area contributed by atoms with Crippen LogP contribution in [0.15, 0.2) is 66.7 Å². The van der Waals surface area contributed by atoms with E-state index in [1.54, 1.807) is 30.3 Å². The maximum absolute atomic E-state index is 10.8. The van der Waals surface area contributed by atoms with Crippen LogP contribution in [0, 0.1) is 20.2 Å². The summed E-state index contributed by atoms with van der Waals surface area (Å²) in [4.78, 5) is 24.7. The Balaban J connectivity index is 1.78. The summed E-state index contributed by atoms with van der Waals surface area (Å²) in [7, 11) is 0. The first-order chi connectivity index (χ1) is 12.5. The summed E-state index contributed by atoms with van der Waals surface area (Å²) >= 11 is 0. The third-order valence-corrected chi connectivity index (χ3v) is 3.20. The Bertz CT molecular complexity index is 901. The van der Waals surface area contributed by atoms with Crippen LogP contribution < -0.4 is 9.47 Å². The van der Waals surface area contributed by atoms with Gasteiger partial charge in [0.1, 0.15) is 11.5 Å². The number of ether oxygens (including phenoxy) is 2. The number of nitrogens with zero attached hydrogens (tertiary/aromatic N) is 3. The number of hydrogen-bond acceptors (Lipinski definition) is 7. The van der Waals surface area contributed by atoms with E-state index < -0.39 is 9.85 Å². The van der Waals surface area contributed by atoms with Gasteiger partial charge in [-0.05, 0) is 12.1 Å². The van der Waals surface area contributed by atoms with Crippen molar-refractivity contribution in [1.82, 2.24) is 4.98 Å². The van der Waals surface area contributed by atoms with Gasteiger partial charge < -0.3 is 9.47 Å². The van der Waals surface area contributed by atoms with Crippen molar-refractivity contribution < 1.29 is 19.3 Å². The van der Waals surface area contributed by atoms with Gasteiger partial charge in [-0.15, -0.1) is 0 Å². The summed E-state index contributed by atoms with van der Waals surface area (Å²) in [6.45, 7) is 0. The average molecular weight is 353 g/mol. The molecule has 0 saturated carbocycles. The molecule has 0 aliphatic rings. The van der Waals surface area contributed by atoms with E-state index in [9.17, 15) is 20.2 Å². The van der Waals surface area contributed by atoms with E-state index in [4.69, 9.17) is 9.47 Å². The molecular weight excluding hydrogens is 342 g/mol. The molecule has 0 N–H and O–H groups in total. The number of aromatic nitrogens is 1. The van der Waals surface area contributed by atoms with Gasteiger partial charge >= 0.3 is 0 Å². The van der Waals surface area contributed by atoms with Gasteiger partial charge in [0, 0.05) is 24.3 Å². The highest BCUT2D eigenvalue weighted by Gasteiger charge is 2.10. The lowest BCUT2D eigenvalue weighted by Crippen LogP contribution is -1.93. The minimum atomic E-state index is -0.526. The Hall–Kier alpha value is -4.01. The first kappa shape index (κ1) is 16.8. The second-order valence-electron chi connectivity index (χ2n) is 5.03. The van der Waals surface area contributed by atoms with E-state index in [-0.39, 0.29) is 34.6 Å². The second-order valence-corrected chi connectivity index (χ2v) is 5.03. The lowest BCUT2D eigenvalue weighted by molar-refractivity contribution is -0.385. The second kappa shape index (κ2) is 7.26. The third kappa shape index (κ3) is 4.09. The van der Waals surface area contributed by atoms with Crippen LogP contribution in [0.5, 0.6) is 23.3 Å². The fraction of sp³-hybridized carbons (Fsp3) is 0.